The first kappa shape index (κ1) is 33.2. The maximum Gasteiger partial charge on any atom is 0.410 e. The Morgan fingerprint density at radius 3 is 2.52 bits per heavy atom. The van der Waals surface area contributed by atoms with Crippen molar-refractivity contribution in [2.75, 3.05) is 11.9 Å². The Hall–Kier alpha value is -5.27. The van der Waals surface area contributed by atoms with E-state index < -0.39 is 15.6 Å². The molecular formula is C37H36N6O5S2. The molecule has 1 aliphatic heterocycles. The Balaban J connectivity index is 1.29. The van der Waals surface area contributed by atoms with Gasteiger partial charge in [0.1, 0.15) is 27.9 Å². The molecule has 5 heterocycles. The van der Waals surface area contributed by atoms with Crippen LogP contribution in [0.4, 0.5) is 10.6 Å². The summed E-state index contributed by atoms with van der Waals surface area (Å²) in [5.74, 6) is 1.58. The first-order chi connectivity index (χ1) is 23.9. The first-order valence-electron chi connectivity index (χ1n) is 16.1. The van der Waals surface area contributed by atoms with Crippen LogP contribution in [-0.2, 0) is 34.3 Å². The van der Waals surface area contributed by atoms with Gasteiger partial charge in [-0.15, -0.1) is 11.3 Å². The van der Waals surface area contributed by atoms with Crippen LogP contribution in [0.25, 0.3) is 22.2 Å². The minimum absolute atomic E-state index is 0.143. The van der Waals surface area contributed by atoms with E-state index in [1.807, 2.05) is 63.4 Å². The number of anilines is 1. The van der Waals surface area contributed by atoms with Gasteiger partial charge in [-0.25, -0.2) is 32.1 Å². The Morgan fingerprint density at radius 2 is 1.76 bits per heavy atom. The summed E-state index contributed by atoms with van der Waals surface area (Å²) in [4.78, 5) is 28.1. The largest absolute Gasteiger partial charge is 0.457 e. The molecular weight excluding hydrogens is 673 g/mol. The molecule has 0 unspecified atom stereocenters. The minimum atomic E-state index is -4.04. The van der Waals surface area contributed by atoms with E-state index in [4.69, 9.17) is 9.47 Å². The van der Waals surface area contributed by atoms with Gasteiger partial charge < -0.3 is 19.7 Å². The van der Waals surface area contributed by atoms with Crippen LogP contribution in [0, 0.1) is 6.92 Å². The average Bonchev–Trinajstić information content (AvgIpc) is 3.76. The predicted molar refractivity (Wildman–Crippen MR) is 193 cm³/mol. The van der Waals surface area contributed by atoms with Gasteiger partial charge in [0.25, 0.3) is 10.0 Å². The molecule has 7 rings (SSSR count). The highest BCUT2D eigenvalue weighted by molar-refractivity contribution is 7.90. The summed E-state index contributed by atoms with van der Waals surface area (Å²) in [6.07, 6.45) is 6.89. The number of aryl methyl sites for hydroxylation is 1. The Kier molecular flexibility index (Phi) is 8.78. The topological polar surface area (TPSA) is 129 Å². The summed E-state index contributed by atoms with van der Waals surface area (Å²) in [5.41, 5.74) is 3.99. The standard InChI is InChI=1S/C37H36N6O5S2/c1-24-5-9-29(10-6-24)50(45,46)43-23-30(26-11-14-38-32(20-26)41-21-33-39-16-18-49-33)34-31(12-15-40-35(34)43)47-28-8-7-25-13-17-42(22-27(25)19-28)36(44)48-37(2,3)4/h5-12,14-16,18-20,23H,13,17,21-22H2,1-4H3,(H,38,41). The van der Waals surface area contributed by atoms with E-state index in [2.05, 4.69) is 20.3 Å². The van der Waals surface area contributed by atoms with Crippen molar-refractivity contribution >= 4 is 44.3 Å². The molecule has 0 radical (unpaired) electrons. The number of nitrogens with zero attached hydrogens (tertiary/aromatic N) is 5. The highest BCUT2D eigenvalue weighted by Crippen LogP contribution is 2.40. The van der Waals surface area contributed by atoms with Crippen molar-refractivity contribution in [1.29, 1.82) is 0 Å². The van der Waals surface area contributed by atoms with Crippen LogP contribution in [0.3, 0.4) is 0 Å². The fourth-order valence-corrected chi connectivity index (χ4v) is 7.69. The highest BCUT2D eigenvalue weighted by Gasteiger charge is 2.28. The molecule has 0 saturated carbocycles. The Bertz CT molecular complexity index is 2300. The molecule has 0 atom stereocenters. The number of hydrogen-bond acceptors (Lipinski definition) is 10. The molecule has 0 spiro atoms. The quantitative estimate of drug-likeness (QED) is 0.168. The Labute approximate surface area is 294 Å². The zero-order valence-electron chi connectivity index (χ0n) is 28.1. The zero-order valence-corrected chi connectivity index (χ0v) is 29.7. The summed E-state index contributed by atoms with van der Waals surface area (Å²) in [5, 5.41) is 6.66. The van der Waals surface area contributed by atoms with Crippen LogP contribution in [0.5, 0.6) is 11.5 Å². The van der Waals surface area contributed by atoms with Crippen LogP contribution in [-0.4, -0.2) is 50.5 Å². The molecule has 4 aromatic heterocycles. The van der Waals surface area contributed by atoms with Gasteiger partial charge in [0.15, 0.2) is 5.65 Å². The molecule has 1 aliphatic rings. The molecule has 6 aromatic rings. The number of carbonyl (C=O) groups excluding carboxylic acids is 1. The smallest absolute Gasteiger partial charge is 0.410 e. The number of carbonyl (C=O) groups is 1. The van der Waals surface area contributed by atoms with E-state index in [0.717, 1.165) is 27.3 Å². The average molecular weight is 709 g/mol. The number of nitrogens with one attached hydrogen (secondary N) is 1. The van der Waals surface area contributed by atoms with Gasteiger partial charge in [-0.1, -0.05) is 23.8 Å². The van der Waals surface area contributed by atoms with Crippen molar-refractivity contribution < 1.29 is 22.7 Å². The number of fused-ring (bicyclic) bond motifs is 2. The van der Waals surface area contributed by atoms with Crippen LogP contribution in [0.2, 0.25) is 0 Å². The molecule has 2 aromatic carbocycles. The van der Waals surface area contributed by atoms with Crippen molar-refractivity contribution in [2.24, 2.45) is 0 Å². The molecule has 256 valence electrons. The van der Waals surface area contributed by atoms with Gasteiger partial charge in [-0.2, -0.15) is 0 Å². The van der Waals surface area contributed by atoms with E-state index >= 15 is 0 Å². The second-order valence-electron chi connectivity index (χ2n) is 13.1. The Morgan fingerprint density at radius 1 is 0.960 bits per heavy atom. The normalized spacial score (nSPS) is 13.2. The minimum Gasteiger partial charge on any atom is -0.457 e. The maximum atomic E-state index is 14.1. The van der Waals surface area contributed by atoms with Crippen LogP contribution < -0.4 is 10.1 Å². The summed E-state index contributed by atoms with van der Waals surface area (Å²) in [6, 6.07) is 18.0. The van der Waals surface area contributed by atoms with Crippen LogP contribution in [0.1, 0.15) is 42.5 Å². The molecule has 0 bridgehead atoms. The number of ether oxygens (including phenoxy) is 2. The number of aromatic nitrogens is 4. The molecule has 11 nitrogen and oxygen atoms in total. The fourth-order valence-electron chi connectivity index (χ4n) is 5.82. The van der Waals surface area contributed by atoms with Gasteiger partial charge in [0.05, 0.1) is 16.8 Å². The van der Waals surface area contributed by atoms with Crippen molar-refractivity contribution in [1.82, 2.24) is 23.8 Å². The lowest BCUT2D eigenvalue weighted by Crippen LogP contribution is -2.39. The van der Waals surface area contributed by atoms with Gasteiger partial charge in [-0.3, -0.25) is 0 Å². The number of pyridine rings is 2. The molecule has 1 N–H and O–H groups in total. The van der Waals surface area contributed by atoms with E-state index in [9.17, 15) is 13.2 Å². The molecule has 13 heteroatoms. The van der Waals surface area contributed by atoms with Gasteiger partial charge in [0.2, 0.25) is 0 Å². The zero-order chi connectivity index (χ0) is 35.0. The van der Waals surface area contributed by atoms with Gasteiger partial charge in [-0.05, 0) is 93.3 Å². The van der Waals surface area contributed by atoms with E-state index in [1.54, 1.807) is 71.4 Å². The third-order valence-corrected chi connectivity index (χ3v) is 10.7. The van der Waals surface area contributed by atoms with Crippen LogP contribution >= 0.6 is 11.3 Å². The lowest BCUT2D eigenvalue weighted by atomic mass is 10.00. The third-order valence-electron chi connectivity index (χ3n) is 8.24. The monoisotopic (exact) mass is 708 g/mol. The van der Waals surface area contributed by atoms with Crippen LogP contribution in [0.15, 0.2) is 95.7 Å². The lowest BCUT2D eigenvalue weighted by molar-refractivity contribution is 0.0223. The van der Waals surface area contributed by atoms with Crippen molar-refractivity contribution in [3.63, 3.8) is 0 Å². The van der Waals surface area contributed by atoms with E-state index in [0.29, 0.717) is 54.3 Å². The number of thiazole rings is 1. The number of amides is 1. The van der Waals surface area contributed by atoms with Gasteiger partial charge in [0, 0.05) is 48.8 Å². The SMILES string of the molecule is Cc1ccc(S(=O)(=O)n2cc(-c3ccnc(NCc4nccs4)c3)c3c(Oc4ccc5c(c4)CN(C(=O)OC(C)(C)C)CC5)ccnc32)cc1. The van der Waals surface area contributed by atoms with Crippen molar-refractivity contribution in [3.05, 3.63) is 113 Å². The lowest BCUT2D eigenvalue weighted by Gasteiger charge is -2.31. The summed E-state index contributed by atoms with van der Waals surface area (Å²) >= 11 is 1.54. The second-order valence-corrected chi connectivity index (χ2v) is 15.9. The number of rotatable bonds is 8. The highest BCUT2D eigenvalue weighted by atomic mass is 32.2. The third kappa shape index (κ3) is 6.92. The van der Waals surface area contributed by atoms with Gasteiger partial charge >= 0.3 is 6.09 Å². The van der Waals surface area contributed by atoms with Crippen molar-refractivity contribution in [3.8, 4) is 22.6 Å². The molecule has 1 amide bonds. The molecule has 0 saturated heterocycles. The first-order valence-corrected chi connectivity index (χ1v) is 18.5. The molecule has 50 heavy (non-hydrogen) atoms. The number of benzene rings is 2. The predicted octanol–water partition coefficient (Wildman–Crippen LogP) is 7.80. The summed E-state index contributed by atoms with van der Waals surface area (Å²) in [6.45, 7) is 8.90. The summed E-state index contributed by atoms with van der Waals surface area (Å²) < 4.78 is 41.6. The molecule has 0 fully saturated rings. The fraction of sp³-hybridized carbons (Fsp3) is 0.243. The summed E-state index contributed by atoms with van der Waals surface area (Å²) in [7, 11) is -4.04. The number of hydrogen-bond donors (Lipinski definition) is 1. The second kappa shape index (κ2) is 13.2. The van der Waals surface area contributed by atoms with E-state index in [-0.39, 0.29) is 16.6 Å². The van der Waals surface area contributed by atoms with E-state index in [1.165, 1.54) is 3.97 Å². The maximum absolute atomic E-state index is 14.1. The van der Waals surface area contributed by atoms with Crippen molar-refractivity contribution in [2.45, 2.75) is 57.7 Å². The molecule has 0 aliphatic carbocycles.